The molecule has 1 aromatic heterocycles. The molecule has 4 nitrogen and oxygen atoms in total. The summed E-state index contributed by atoms with van der Waals surface area (Å²) in [5.74, 6) is 0.804. The van der Waals surface area contributed by atoms with Crippen LogP contribution < -0.4 is 4.74 Å². The molecule has 142 valence electrons. The molecule has 0 saturated carbocycles. The van der Waals surface area contributed by atoms with E-state index in [1.54, 1.807) is 7.11 Å². The summed E-state index contributed by atoms with van der Waals surface area (Å²) in [6.45, 7) is 6.83. The number of hydrogen-bond donors (Lipinski definition) is 2. The standard InChI is InChI=1S/C23H28N2O2/c1-5-21-16(2)22(24-17(21)3)23(19-11-13-20(27-4)14-12-19)25(26)15-18-9-7-6-8-10-18/h6-14,23-24,26H,5,15H2,1-4H3. The van der Waals surface area contributed by atoms with Crippen LogP contribution in [0.25, 0.3) is 0 Å². The molecular weight excluding hydrogens is 336 g/mol. The lowest BCUT2D eigenvalue weighted by Crippen LogP contribution is -2.26. The highest BCUT2D eigenvalue weighted by atomic mass is 16.5. The Balaban J connectivity index is 2.02. The molecule has 0 radical (unpaired) electrons. The Bertz CT molecular complexity index is 869. The number of benzene rings is 2. The Morgan fingerprint density at radius 2 is 1.70 bits per heavy atom. The van der Waals surface area contributed by atoms with Crippen LogP contribution in [0.1, 0.15) is 46.6 Å². The van der Waals surface area contributed by atoms with Gasteiger partial charge >= 0.3 is 0 Å². The number of H-pyrrole nitrogens is 1. The first kappa shape index (κ1) is 19.2. The summed E-state index contributed by atoms with van der Waals surface area (Å²) < 4.78 is 5.29. The molecule has 0 fully saturated rings. The second-order valence-corrected chi connectivity index (χ2v) is 6.88. The molecule has 0 aliphatic carbocycles. The number of nitrogens with zero attached hydrogens (tertiary/aromatic N) is 1. The van der Waals surface area contributed by atoms with Crippen LogP contribution in [-0.2, 0) is 13.0 Å². The minimum absolute atomic E-state index is 0.282. The average molecular weight is 364 g/mol. The second-order valence-electron chi connectivity index (χ2n) is 6.88. The Morgan fingerprint density at radius 3 is 2.26 bits per heavy atom. The second kappa shape index (κ2) is 8.42. The first-order valence-corrected chi connectivity index (χ1v) is 9.36. The van der Waals surface area contributed by atoms with Crippen LogP contribution in [0, 0.1) is 13.8 Å². The highest BCUT2D eigenvalue weighted by molar-refractivity contribution is 5.42. The lowest BCUT2D eigenvalue weighted by Gasteiger charge is -2.27. The van der Waals surface area contributed by atoms with E-state index in [9.17, 15) is 5.21 Å². The molecule has 1 atom stereocenters. The van der Waals surface area contributed by atoms with Crippen LogP contribution >= 0.6 is 0 Å². The van der Waals surface area contributed by atoms with Crippen LogP contribution in [0.5, 0.6) is 5.75 Å². The van der Waals surface area contributed by atoms with E-state index in [1.165, 1.54) is 16.2 Å². The molecule has 1 heterocycles. The summed E-state index contributed by atoms with van der Waals surface area (Å²) in [5, 5.41) is 12.5. The van der Waals surface area contributed by atoms with Gasteiger partial charge in [-0.1, -0.05) is 49.4 Å². The van der Waals surface area contributed by atoms with Crippen molar-refractivity contribution in [2.45, 2.75) is 39.8 Å². The molecule has 0 saturated heterocycles. The van der Waals surface area contributed by atoms with Crippen molar-refractivity contribution >= 4 is 0 Å². The third kappa shape index (κ3) is 4.07. The molecule has 4 heteroatoms. The molecule has 2 N–H and O–H groups in total. The van der Waals surface area contributed by atoms with Gasteiger partial charge in [-0.25, -0.2) is 0 Å². The van der Waals surface area contributed by atoms with E-state index in [4.69, 9.17) is 4.74 Å². The minimum atomic E-state index is -0.282. The fourth-order valence-corrected chi connectivity index (χ4v) is 3.75. The number of hydroxylamine groups is 2. The van der Waals surface area contributed by atoms with Crippen LogP contribution in [0.15, 0.2) is 54.6 Å². The zero-order chi connectivity index (χ0) is 19.4. The van der Waals surface area contributed by atoms with Crippen molar-refractivity contribution in [1.82, 2.24) is 10.0 Å². The third-order valence-corrected chi connectivity index (χ3v) is 5.18. The molecule has 0 spiro atoms. The van der Waals surface area contributed by atoms with Gasteiger partial charge in [0, 0.05) is 17.9 Å². The normalized spacial score (nSPS) is 12.4. The number of ether oxygens (including phenoxy) is 1. The Morgan fingerprint density at radius 1 is 1.04 bits per heavy atom. The summed E-state index contributed by atoms with van der Waals surface area (Å²) in [7, 11) is 1.66. The van der Waals surface area contributed by atoms with Gasteiger partial charge in [-0.05, 0) is 54.7 Å². The maximum Gasteiger partial charge on any atom is 0.118 e. The predicted molar refractivity (Wildman–Crippen MR) is 108 cm³/mol. The fraction of sp³-hybridized carbons (Fsp3) is 0.304. The van der Waals surface area contributed by atoms with E-state index in [2.05, 4.69) is 25.8 Å². The molecular formula is C23H28N2O2. The van der Waals surface area contributed by atoms with Crippen LogP contribution in [0.4, 0.5) is 0 Å². The van der Waals surface area contributed by atoms with Crippen molar-refractivity contribution < 1.29 is 9.94 Å². The van der Waals surface area contributed by atoms with Gasteiger partial charge in [0.2, 0.25) is 0 Å². The monoisotopic (exact) mass is 364 g/mol. The van der Waals surface area contributed by atoms with Crippen molar-refractivity contribution in [2.24, 2.45) is 0 Å². The Hall–Kier alpha value is -2.56. The van der Waals surface area contributed by atoms with Crippen LogP contribution in [0.2, 0.25) is 0 Å². The highest BCUT2D eigenvalue weighted by Crippen LogP contribution is 2.33. The zero-order valence-corrected chi connectivity index (χ0v) is 16.5. The number of hydrogen-bond acceptors (Lipinski definition) is 3. The van der Waals surface area contributed by atoms with Gasteiger partial charge in [-0.3, -0.25) is 0 Å². The van der Waals surface area contributed by atoms with E-state index in [-0.39, 0.29) is 6.04 Å². The smallest absolute Gasteiger partial charge is 0.118 e. The van der Waals surface area contributed by atoms with Gasteiger partial charge in [0.05, 0.1) is 7.11 Å². The van der Waals surface area contributed by atoms with E-state index < -0.39 is 0 Å². The number of rotatable bonds is 7. The molecule has 2 aromatic carbocycles. The minimum Gasteiger partial charge on any atom is -0.497 e. The van der Waals surface area contributed by atoms with Gasteiger partial charge < -0.3 is 14.9 Å². The number of aryl methyl sites for hydroxylation is 1. The lowest BCUT2D eigenvalue weighted by molar-refractivity contribution is -0.126. The van der Waals surface area contributed by atoms with E-state index >= 15 is 0 Å². The molecule has 0 bridgehead atoms. The first-order chi connectivity index (χ1) is 13.0. The van der Waals surface area contributed by atoms with Crippen molar-refractivity contribution in [2.75, 3.05) is 7.11 Å². The van der Waals surface area contributed by atoms with Crippen molar-refractivity contribution in [3.63, 3.8) is 0 Å². The maximum atomic E-state index is 11.1. The maximum absolute atomic E-state index is 11.1. The van der Waals surface area contributed by atoms with Gasteiger partial charge in [-0.2, -0.15) is 5.06 Å². The van der Waals surface area contributed by atoms with E-state index in [1.807, 2.05) is 54.6 Å². The quantitative estimate of drug-likeness (QED) is 0.568. The average Bonchev–Trinajstić information content (AvgIpc) is 2.96. The molecule has 0 aliphatic rings. The lowest BCUT2D eigenvalue weighted by atomic mass is 9.98. The van der Waals surface area contributed by atoms with Gasteiger partial charge in [-0.15, -0.1) is 0 Å². The third-order valence-electron chi connectivity index (χ3n) is 5.18. The highest BCUT2D eigenvalue weighted by Gasteiger charge is 2.26. The van der Waals surface area contributed by atoms with Crippen LogP contribution in [0.3, 0.4) is 0 Å². The number of methoxy groups -OCH3 is 1. The molecule has 27 heavy (non-hydrogen) atoms. The predicted octanol–water partition coefficient (Wildman–Crippen LogP) is 5.18. The Kier molecular flexibility index (Phi) is 5.99. The first-order valence-electron chi connectivity index (χ1n) is 9.36. The SMILES string of the molecule is CCc1c(C)[nH]c(C(c2ccc(OC)cc2)N(O)Cc2ccccc2)c1C. The molecule has 0 amide bonds. The molecule has 0 aliphatic heterocycles. The van der Waals surface area contributed by atoms with E-state index in [0.29, 0.717) is 6.54 Å². The van der Waals surface area contributed by atoms with Gasteiger partial charge in [0.1, 0.15) is 11.8 Å². The van der Waals surface area contributed by atoms with Gasteiger partial charge in [0.15, 0.2) is 0 Å². The van der Waals surface area contributed by atoms with Crippen LogP contribution in [-0.4, -0.2) is 22.4 Å². The number of nitrogens with one attached hydrogen (secondary N) is 1. The Labute approximate surface area is 161 Å². The zero-order valence-electron chi connectivity index (χ0n) is 16.5. The van der Waals surface area contributed by atoms with Crippen molar-refractivity contribution in [3.8, 4) is 5.75 Å². The summed E-state index contributed by atoms with van der Waals surface area (Å²) in [6, 6.07) is 17.6. The van der Waals surface area contributed by atoms with Gasteiger partial charge in [0.25, 0.3) is 0 Å². The molecule has 3 aromatic rings. The largest absolute Gasteiger partial charge is 0.497 e. The number of aromatic amines is 1. The summed E-state index contributed by atoms with van der Waals surface area (Å²) >= 11 is 0. The summed E-state index contributed by atoms with van der Waals surface area (Å²) in [6.07, 6.45) is 0.966. The van der Waals surface area contributed by atoms with Crippen molar-refractivity contribution in [3.05, 3.63) is 88.2 Å². The van der Waals surface area contributed by atoms with Crippen molar-refractivity contribution in [1.29, 1.82) is 0 Å². The fourth-order valence-electron chi connectivity index (χ4n) is 3.75. The number of aromatic nitrogens is 1. The summed E-state index contributed by atoms with van der Waals surface area (Å²) in [5.41, 5.74) is 6.81. The molecule has 1 unspecified atom stereocenters. The summed E-state index contributed by atoms with van der Waals surface area (Å²) in [4.78, 5) is 3.52. The topological polar surface area (TPSA) is 48.5 Å². The van der Waals surface area contributed by atoms with E-state index in [0.717, 1.165) is 34.7 Å². The molecule has 3 rings (SSSR count).